The van der Waals surface area contributed by atoms with Gasteiger partial charge in [0, 0.05) is 30.6 Å². The summed E-state index contributed by atoms with van der Waals surface area (Å²) in [7, 11) is 0. The zero-order valence-electron chi connectivity index (χ0n) is 20.9. The molecule has 0 aliphatic carbocycles. The number of halogens is 2. The fourth-order valence-corrected chi connectivity index (χ4v) is 5.30. The Balaban J connectivity index is 1.56. The molecule has 37 heavy (non-hydrogen) atoms. The molecule has 1 aliphatic rings. The Morgan fingerprint density at radius 3 is 1.95 bits per heavy atom. The number of nitrogens with two attached hydrogens (primary N) is 1. The van der Waals surface area contributed by atoms with Gasteiger partial charge in [0.15, 0.2) is 0 Å². The normalized spacial score (nSPS) is 16.6. The second-order valence-electron chi connectivity index (χ2n) is 9.71. The Bertz CT molecular complexity index is 1380. The van der Waals surface area contributed by atoms with Crippen LogP contribution in [-0.2, 0) is 6.54 Å². The van der Waals surface area contributed by atoms with E-state index in [9.17, 15) is 13.6 Å². The fraction of sp³-hybridized carbons (Fsp3) is 0.267. The molecule has 1 aromatic heterocycles. The monoisotopic (exact) mass is 500 g/mol. The van der Waals surface area contributed by atoms with Crippen molar-refractivity contribution in [3.8, 4) is 0 Å². The van der Waals surface area contributed by atoms with Crippen molar-refractivity contribution in [2.24, 2.45) is 0 Å². The van der Waals surface area contributed by atoms with Crippen LogP contribution in [0.4, 0.5) is 14.7 Å². The van der Waals surface area contributed by atoms with E-state index in [1.165, 1.54) is 12.1 Å². The minimum atomic E-state index is -2.50. The van der Waals surface area contributed by atoms with Crippen LogP contribution in [0.15, 0.2) is 89.7 Å². The number of fused-ring (bicyclic) bond motifs is 1. The minimum Gasteiger partial charge on any atom is -0.369 e. The van der Waals surface area contributed by atoms with E-state index in [1.54, 1.807) is 16.7 Å². The maximum Gasteiger partial charge on any atom is 0.263 e. The van der Waals surface area contributed by atoms with Gasteiger partial charge in [0.25, 0.3) is 12.0 Å². The lowest BCUT2D eigenvalue weighted by atomic mass is 9.93. The van der Waals surface area contributed by atoms with Crippen molar-refractivity contribution < 1.29 is 8.78 Å². The average Bonchev–Trinajstić information content (AvgIpc) is 2.92. The summed E-state index contributed by atoms with van der Waals surface area (Å²) in [6.07, 6.45) is -2.50. The van der Waals surface area contributed by atoms with Gasteiger partial charge in [0.05, 0.1) is 17.3 Å². The molecular weight excluding hydrogens is 470 g/mol. The Hall–Kier alpha value is -3.84. The van der Waals surface area contributed by atoms with E-state index in [0.29, 0.717) is 18.7 Å². The SMILES string of the molecule is CC1CN(C(C)c2ccc(C(F)F)cc2)Cc2c1nc(N)n(C(c1ccccc1)c1ccccc1)c2=O. The van der Waals surface area contributed by atoms with Crippen LogP contribution in [0.1, 0.15) is 71.8 Å². The first-order chi connectivity index (χ1) is 17.8. The molecule has 1 aliphatic heterocycles. The van der Waals surface area contributed by atoms with Crippen molar-refractivity contribution in [1.82, 2.24) is 14.5 Å². The molecule has 0 saturated heterocycles. The summed E-state index contributed by atoms with van der Waals surface area (Å²) >= 11 is 0. The maximum atomic E-state index is 14.1. The van der Waals surface area contributed by atoms with Crippen LogP contribution >= 0.6 is 0 Å². The molecule has 2 unspecified atom stereocenters. The Labute approximate surface area is 215 Å². The molecule has 0 fully saturated rings. The second kappa shape index (κ2) is 10.3. The number of alkyl halides is 2. The molecule has 2 heterocycles. The summed E-state index contributed by atoms with van der Waals surface area (Å²) in [5, 5.41) is 0. The lowest BCUT2D eigenvalue weighted by Crippen LogP contribution is -2.42. The van der Waals surface area contributed by atoms with Gasteiger partial charge >= 0.3 is 0 Å². The van der Waals surface area contributed by atoms with Gasteiger partial charge in [-0.05, 0) is 23.6 Å². The summed E-state index contributed by atoms with van der Waals surface area (Å²) < 4.78 is 27.7. The van der Waals surface area contributed by atoms with Gasteiger partial charge in [-0.1, -0.05) is 91.9 Å². The van der Waals surface area contributed by atoms with E-state index < -0.39 is 12.5 Å². The molecule has 2 atom stereocenters. The molecule has 5 nitrogen and oxygen atoms in total. The van der Waals surface area contributed by atoms with Crippen molar-refractivity contribution in [1.29, 1.82) is 0 Å². The van der Waals surface area contributed by atoms with Crippen LogP contribution in [0.25, 0.3) is 0 Å². The number of hydrogen-bond donors (Lipinski definition) is 1. The fourth-order valence-electron chi connectivity index (χ4n) is 5.30. The number of nitrogens with zero attached hydrogens (tertiary/aromatic N) is 3. The predicted octanol–water partition coefficient (Wildman–Crippen LogP) is 6.08. The summed E-state index contributed by atoms with van der Waals surface area (Å²) in [5.41, 5.74) is 10.5. The number of anilines is 1. The van der Waals surface area contributed by atoms with E-state index >= 15 is 0 Å². The highest BCUT2D eigenvalue weighted by molar-refractivity contribution is 5.40. The van der Waals surface area contributed by atoms with Gasteiger partial charge in [-0.15, -0.1) is 0 Å². The van der Waals surface area contributed by atoms with Crippen LogP contribution in [0.3, 0.4) is 0 Å². The summed E-state index contributed by atoms with van der Waals surface area (Å²) in [6.45, 7) is 5.16. The van der Waals surface area contributed by atoms with Gasteiger partial charge < -0.3 is 5.73 Å². The highest BCUT2D eigenvalue weighted by Gasteiger charge is 2.32. The molecule has 7 heteroatoms. The number of aromatic nitrogens is 2. The number of rotatable bonds is 6. The Kier molecular flexibility index (Phi) is 6.89. The maximum absolute atomic E-state index is 14.1. The van der Waals surface area contributed by atoms with E-state index in [1.807, 2.05) is 74.5 Å². The predicted molar refractivity (Wildman–Crippen MR) is 142 cm³/mol. The molecule has 0 radical (unpaired) electrons. The van der Waals surface area contributed by atoms with E-state index in [4.69, 9.17) is 10.7 Å². The average molecular weight is 501 g/mol. The molecule has 190 valence electrons. The molecular formula is C30H30F2N4O. The topological polar surface area (TPSA) is 64.2 Å². The van der Waals surface area contributed by atoms with Crippen LogP contribution in [0.5, 0.6) is 0 Å². The van der Waals surface area contributed by atoms with Crippen molar-refractivity contribution in [2.45, 2.75) is 44.8 Å². The molecule has 0 saturated carbocycles. The number of hydrogen-bond acceptors (Lipinski definition) is 4. The van der Waals surface area contributed by atoms with Crippen molar-refractivity contribution in [2.75, 3.05) is 12.3 Å². The van der Waals surface area contributed by atoms with Crippen LogP contribution < -0.4 is 11.3 Å². The van der Waals surface area contributed by atoms with Gasteiger partial charge in [0.1, 0.15) is 0 Å². The Morgan fingerprint density at radius 2 is 1.41 bits per heavy atom. The largest absolute Gasteiger partial charge is 0.369 e. The molecule has 0 spiro atoms. The zero-order chi connectivity index (χ0) is 26.1. The van der Waals surface area contributed by atoms with Crippen LogP contribution in [0, 0.1) is 0 Å². The first-order valence-electron chi connectivity index (χ1n) is 12.5. The zero-order valence-corrected chi connectivity index (χ0v) is 20.9. The molecule has 3 aromatic carbocycles. The van der Waals surface area contributed by atoms with Gasteiger partial charge in [-0.2, -0.15) is 0 Å². The third-order valence-electron chi connectivity index (χ3n) is 7.31. The highest BCUT2D eigenvalue weighted by Crippen LogP contribution is 2.34. The third kappa shape index (κ3) is 4.79. The van der Waals surface area contributed by atoms with Crippen LogP contribution in [0.2, 0.25) is 0 Å². The van der Waals surface area contributed by atoms with E-state index in [-0.39, 0.29) is 29.0 Å². The second-order valence-corrected chi connectivity index (χ2v) is 9.71. The standard InChI is InChI=1S/C30H30F2N4O/c1-19-17-35(20(2)21-13-15-24(16-14-21)28(31)32)18-25-26(19)34-30(33)36(29(25)37)27(22-9-5-3-6-10-22)23-11-7-4-8-12-23/h3-16,19-20,27-28H,17-18H2,1-2H3,(H2,33,34). The van der Waals surface area contributed by atoms with Gasteiger partial charge in [-0.3, -0.25) is 14.3 Å². The van der Waals surface area contributed by atoms with E-state index in [2.05, 4.69) is 4.90 Å². The smallest absolute Gasteiger partial charge is 0.263 e. The van der Waals surface area contributed by atoms with Crippen molar-refractivity contribution in [3.05, 3.63) is 129 Å². The van der Waals surface area contributed by atoms with Crippen molar-refractivity contribution in [3.63, 3.8) is 0 Å². The first-order valence-corrected chi connectivity index (χ1v) is 12.5. The summed E-state index contributed by atoms with van der Waals surface area (Å²) in [4.78, 5) is 21.1. The van der Waals surface area contributed by atoms with Crippen LogP contribution in [-0.4, -0.2) is 21.0 Å². The van der Waals surface area contributed by atoms with E-state index in [0.717, 1.165) is 22.4 Å². The first kappa shape index (κ1) is 24.8. The van der Waals surface area contributed by atoms with Gasteiger partial charge in [-0.25, -0.2) is 13.8 Å². The quantitative estimate of drug-likeness (QED) is 0.348. The summed E-state index contributed by atoms with van der Waals surface area (Å²) in [6, 6.07) is 25.6. The van der Waals surface area contributed by atoms with Crippen molar-refractivity contribution >= 4 is 5.95 Å². The lowest BCUT2D eigenvalue weighted by Gasteiger charge is -2.37. The molecule has 2 N–H and O–H groups in total. The number of nitrogen functional groups attached to an aromatic ring is 1. The summed E-state index contributed by atoms with van der Waals surface area (Å²) in [5.74, 6) is 0.181. The Morgan fingerprint density at radius 1 is 0.865 bits per heavy atom. The molecule has 5 rings (SSSR count). The minimum absolute atomic E-state index is 0.00346. The lowest BCUT2D eigenvalue weighted by molar-refractivity contribution is 0.151. The number of benzene rings is 3. The third-order valence-corrected chi connectivity index (χ3v) is 7.31. The molecule has 0 bridgehead atoms. The van der Waals surface area contributed by atoms with Gasteiger partial charge in [0.2, 0.25) is 5.95 Å². The molecule has 0 amide bonds. The molecule has 4 aromatic rings. The highest BCUT2D eigenvalue weighted by atomic mass is 19.3.